The van der Waals surface area contributed by atoms with Crippen molar-refractivity contribution in [3.8, 4) is 22.4 Å². The Hall–Kier alpha value is -4.60. The number of carbonyl (C=O) groups excluding carboxylic acids is 2. The van der Waals surface area contributed by atoms with E-state index in [9.17, 15) is 19.2 Å². The van der Waals surface area contributed by atoms with Crippen LogP contribution in [0.2, 0.25) is 0 Å². The fraction of sp³-hybridized carbons (Fsp3) is 0.231. The molecule has 0 bridgehead atoms. The van der Waals surface area contributed by atoms with E-state index in [0.717, 1.165) is 9.36 Å². The molecule has 2 aromatic heterocycles. The number of rotatable bonds is 8. The fourth-order valence-electron chi connectivity index (χ4n) is 3.92. The second kappa shape index (κ2) is 10.8. The second-order valence-corrected chi connectivity index (χ2v) is 7.71. The molecule has 0 radical (unpaired) electrons. The van der Waals surface area contributed by atoms with Crippen molar-refractivity contribution in [3.63, 3.8) is 0 Å². The normalized spacial score (nSPS) is 10.8. The summed E-state index contributed by atoms with van der Waals surface area (Å²) in [7, 11) is 0. The second-order valence-electron chi connectivity index (χ2n) is 7.71. The zero-order chi connectivity index (χ0) is 25.7. The maximum Gasteiger partial charge on any atom is 0.327 e. The number of aromatic nitrogens is 4. The summed E-state index contributed by atoms with van der Waals surface area (Å²) in [6, 6.07) is 18.2. The quantitative estimate of drug-likeness (QED) is 0.347. The van der Waals surface area contributed by atoms with Crippen molar-refractivity contribution >= 4 is 22.8 Å². The van der Waals surface area contributed by atoms with Gasteiger partial charge in [-0.3, -0.25) is 19.2 Å². The van der Waals surface area contributed by atoms with E-state index in [1.165, 1.54) is 0 Å². The average Bonchev–Trinajstić information content (AvgIpc) is 2.89. The first-order valence-corrected chi connectivity index (χ1v) is 11.4. The van der Waals surface area contributed by atoms with Crippen molar-refractivity contribution in [3.05, 3.63) is 81.4 Å². The molecule has 0 N–H and O–H groups in total. The van der Waals surface area contributed by atoms with Gasteiger partial charge in [-0.1, -0.05) is 60.7 Å². The van der Waals surface area contributed by atoms with Gasteiger partial charge in [-0.05, 0) is 19.4 Å². The predicted octanol–water partition coefficient (Wildman–Crippen LogP) is 2.41. The molecule has 2 aromatic carbocycles. The Balaban J connectivity index is 2.10. The lowest BCUT2D eigenvalue weighted by Gasteiger charge is -2.17. The Morgan fingerprint density at radius 1 is 0.722 bits per heavy atom. The number of esters is 2. The predicted molar refractivity (Wildman–Crippen MR) is 132 cm³/mol. The smallest absolute Gasteiger partial charge is 0.327 e. The van der Waals surface area contributed by atoms with Crippen LogP contribution in [0.5, 0.6) is 0 Å². The molecule has 10 heteroatoms. The molecular weight excluding hydrogens is 464 g/mol. The lowest BCUT2D eigenvalue weighted by molar-refractivity contribution is -0.147. The Morgan fingerprint density at radius 3 is 1.75 bits per heavy atom. The zero-order valence-electron chi connectivity index (χ0n) is 19.8. The summed E-state index contributed by atoms with van der Waals surface area (Å²) in [5, 5.41) is 8.41. The van der Waals surface area contributed by atoms with Gasteiger partial charge in [0.15, 0.2) is 5.52 Å². The molecule has 0 aliphatic heterocycles. The summed E-state index contributed by atoms with van der Waals surface area (Å²) in [6.07, 6.45) is 0. The Labute approximate surface area is 205 Å². The van der Waals surface area contributed by atoms with Crippen LogP contribution in [0.1, 0.15) is 13.8 Å². The Bertz CT molecular complexity index is 1530. The van der Waals surface area contributed by atoms with Gasteiger partial charge in [-0.2, -0.15) is 0 Å². The summed E-state index contributed by atoms with van der Waals surface area (Å²) < 4.78 is 11.7. The van der Waals surface area contributed by atoms with Crippen LogP contribution in [0.25, 0.3) is 33.3 Å². The van der Waals surface area contributed by atoms with E-state index < -0.39 is 36.1 Å². The summed E-state index contributed by atoms with van der Waals surface area (Å²) >= 11 is 0. The summed E-state index contributed by atoms with van der Waals surface area (Å²) in [4.78, 5) is 52.1. The minimum Gasteiger partial charge on any atom is -0.465 e. The molecule has 0 spiro atoms. The molecule has 0 aliphatic carbocycles. The van der Waals surface area contributed by atoms with Gasteiger partial charge < -0.3 is 9.47 Å². The molecule has 0 atom stereocenters. The van der Waals surface area contributed by atoms with Crippen LogP contribution >= 0.6 is 0 Å². The highest BCUT2D eigenvalue weighted by Crippen LogP contribution is 2.33. The highest BCUT2D eigenvalue weighted by molar-refractivity contribution is 6.00. The highest BCUT2D eigenvalue weighted by Gasteiger charge is 2.25. The first-order chi connectivity index (χ1) is 17.5. The van der Waals surface area contributed by atoms with Crippen LogP contribution in [0.3, 0.4) is 0 Å². The average molecular weight is 489 g/mol. The molecule has 184 valence electrons. The molecule has 2 heterocycles. The number of ether oxygens (including phenoxy) is 2. The SMILES string of the molecule is CCOC(=O)Cn1c(=O)c2nnc(-c3ccccc3)c(-c3ccccc3)c2c(=O)n1CC(=O)OCC. The molecule has 0 aliphatic rings. The standard InChI is InChI=1S/C26H24N4O6/c1-3-35-19(31)15-29-25(33)22-21(17-11-7-5-8-12-17)23(18-13-9-6-10-14-18)27-28-24(22)26(34)30(29)16-20(32)36-4-2/h5-14H,3-4,15-16H2,1-2H3. The maximum absolute atomic E-state index is 13.9. The molecule has 0 saturated heterocycles. The van der Waals surface area contributed by atoms with Gasteiger partial charge in [0.25, 0.3) is 11.1 Å². The van der Waals surface area contributed by atoms with Crippen molar-refractivity contribution < 1.29 is 19.1 Å². The van der Waals surface area contributed by atoms with Crippen LogP contribution in [-0.4, -0.2) is 44.7 Å². The van der Waals surface area contributed by atoms with Gasteiger partial charge in [-0.25, -0.2) is 9.36 Å². The van der Waals surface area contributed by atoms with Crippen LogP contribution in [0.15, 0.2) is 70.3 Å². The van der Waals surface area contributed by atoms with Gasteiger partial charge in [0, 0.05) is 11.1 Å². The third-order valence-corrected chi connectivity index (χ3v) is 5.43. The van der Waals surface area contributed by atoms with Crippen molar-refractivity contribution in [2.75, 3.05) is 13.2 Å². The number of hydrogen-bond acceptors (Lipinski definition) is 8. The zero-order valence-corrected chi connectivity index (χ0v) is 19.8. The largest absolute Gasteiger partial charge is 0.465 e. The van der Waals surface area contributed by atoms with Gasteiger partial charge in [0.1, 0.15) is 18.8 Å². The van der Waals surface area contributed by atoms with Crippen molar-refractivity contribution in [1.82, 2.24) is 19.6 Å². The van der Waals surface area contributed by atoms with Crippen LogP contribution < -0.4 is 11.1 Å². The van der Waals surface area contributed by atoms with Gasteiger partial charge in [-0.15, -0.1) is 10.2 Å². The van der Waals surface area contributed by atoms with E-state index in [0.29, 0.717) is 22.4 Å². The monoisotopic (exact) mass is 488 g/mol. The maximum atomic E-state index is 13.9. The first kappa shape index (κ1) is 24.5. The Kier molecular flexibility index (Phi) is 7.33. The van der Waals surface area contributed by atoms with E-state index >= 15 is 0 Å². The number of benzene rings is 2. The number of hydrogen-bond donors (Lipinski definition) is 0. The molecule has 0 amide bonds. The third-order valence-electron chi connectivity index (χ3n) is 5.43. The number of carbonyl (C=O) groups is 2. The molecule has 0 unspecified atom stereocenters. The van der Waals surface area contributed by atoms with E-state index in [2.05, 4.69) is 10.2 Å². The minimum atomic E-state index is -0.758. The number of nitrogens with zero attached hydrogens (tertiary/aromatic N) is 4. The van der Waals surface area contributed by atoms with Gasteiger partial charge >= 0.3 is 11.9 Å². The highest BCUT2D eigenvalue weighted by atomic mass is 16.5. The van der Waals surface area contributed by atoms with E-state index in [1.807, 2.05) is 36.4 Å². The van der Waals surface area contributed by atoms with E-state index in [4.69, 9.17) is 9.47 Å². The molecule has 4 aromatic rings. The van der Waals surface area contributed by atoms with Gasteiger partial charge in [0.2, 0.25) is 0 Å². The summed E-state index contributed by atoms with van der Waals surface area (Å²) in [6.45, 7) is 2.26. The minimum absolute atomic E-state index is 0.00976. The molecule has 36 heavy (non-hydrogen) atoms. The third kappa shape index (κ3) is 4.78. The van der Waals surface area contributed by atoms with Crippen LogP contribution in [-0.2, 0) is 32.2 Å². The summed E-state index contributed by atoms with van der Waals surface area (Å²) in [5.41, 5.74) is 0.463. The number of fused-ring (bicyclic) bond motifs is 1. The van der Waals surface area contributed by atoms with E-state index in [-0.39, 0.29) is 24.1 Å². The van der Waals surface area contributed by atoms with Crippen LogP contribution in [0.4, 0.5) is 0 Å². The topological polar surface area (TPSA) is 122 Å². The molecule has 4 rings (SSSR count). The summed E-state index contributed by atoms with van der Waals surface area (Å²) in [5.74, 6) is -1.48. The lowest BCUT2D eigenvalue weighted by Crippen LogP contribution is -2.43. The molecule has 10 nitrogen and oxygen atoms in total. The first-order valence-electron chi connectivity index (χ1n) is 11.4. The molecule has 0 saturated carbocycles. The van der Waals surface area contributed by atoms with Gasteiger partial charge in [0.05, 0.1) is 18.6 Å². The molecular formula is C26H24N4O6. The van der Waals surface area contributed by atoms with Crippen molar-refractivity contribution in [2.24, 2.45) is 0 Å². The van der Waals surface area contributed by atoms with Crippen molar-refractivity contribution in [2.45, 2.75) is 26.9 Å². The van der Waals surface area contributed by atoms with Crippen LogP contribution in [0, 0.1) is 0 Å². The molecule has 0 fully saturated rings. The van der Waals surface area contributed by atoms with Crippen molar-refractivity contribution in [1.29, 1.82) is 0 Å². The fourth-order valence-corrected chi connectivity index (χ4v) is 3.92. The lowest BCUT2D eigenvalue weighted by atomic mass is 9.96. The Morgan fingerprint density at radius 2 is 1.22 bits per heavy atom. The van der Waals surface area contributed by atoms with E-state index in [1.54, 1.807) is 38.1 Å².